The normalized spacial score (nSPS) is 12.5. The molecule has 0 aliphatic heterocycles. The van der Waals surface area contributed by atoms with Crippen LogP contribution in [0.5, 0.6) is 0 Å². The molecule has 0 aliphatic rings. The maximum atomic E-state index is 11.6. The van der Waals surface area contributed by atoms with Crippen molar-refractivity contribution in [3.63, 3.8) is 0 Å². The average molecular weight is 251 g/mol. The number of benzene rings is 1. The minimum Gasteiger partial charge on any atom is -0.353 e. The molecule has 0 saturated heterocycles. The molecule has 0 bridgehead atoms. The van der Waals surface area contributed by atoms with Crippen LogP contribution in [0.25, 0.3) is 0 Å². The Balaban J connectivity index is 2.39. The van der Waals surface area contributed by atoms with E-state index in [2.05, 4.69) is 5.32 Å². The molecule has 0 saturated carbocycles. The molecule has 0 aromatic heterocycles. The van der Waals surface area contributed by atoms with Crippen LogP contribution >= 0.6 is 0 Å². The third-order valence-electron chi connectivity index (χ3n) is 2.07. The Morgan fingerprint density at radius 2 is 2.06 bits per heavy atom. The van der Waals surface area contributed by atoms with Crippen molar-refractivity contribution in [2.24, 2.45) is 0 Å². The lowest BCUT2D eigenvalue weighted by molar-refractivity contribution is -0.116. The van der Waals surface area contributed by atoms with Gasteiger partial charge in [-0.15, -0.1) is 0 Å². The molecular weight excluding hydrogens is 234 g/mol. The first-order chi connectivity index (χ1) is 8.22. The van der Waals surface area contributed by atoms with Crippen LogP contribution in [-0.2, 0) is 21.3 Å². The summed E-state index contributed by atoms with van der Waals surface area (Å²) in [5.74, 6) is 0.256. The lowest BCUT2D eigenvalue weighted by Gasteiger charge is -1.98. The summed E-state index contributed by atoms with van der Waals surface area (Å²) in [5.41, 5.74) is 1.00. The molecule has 4 heteroatoms. The van der Waals surface area contributed by atoms with Gasteiger partial charge < -0.3 is 5.32 Å². The zero-order valence-electron chi connectivity index (χ0n) is 9.89. The molecule has 1 amide bonds. The summed E-state index contributed by atoms with van der Waals surface area (Å²) in [6.45, 7) is 2.63. The maximum Gasteiger partial charge on any atom is 0.244 e. The summed E-state index contributed by atoms with van der Waals surface area (Å²) >= 11 is 0. The molecule has 0 aliphatic carbocycles. The van der Waals surface area contributed by atoms with Crippen molar-refractivity contribution in [2.75, 3.05) is 6.54 Å². The molecule has 1 aromatic rings. The number of carbonyl (C=O) groups is 1. The van der Waals surface area contributed by atoms with Gasteiger partial charge in [0.1, 0.15) is 0 Å². The Morgan fingerprint density at radius 3 is 2.71 bits per heavy atom. The van der Waals surface area contributed by atoms with E-state index in [1.165, 1.54) is 11.5 Å². The van der Waals surface area contributed by atoms with Gasteiger partial charge in [-0.3, -0.25) is 9.00 Å². The molecule has 1 N–H and O–H groups in total. The minimum atomic E-state index is -1.14. The predicted octanol–water partition coefficient (Wildman–Crippen LogP) is 1.98. The van der Waals surface area contributed by atoms with Crippen LogP contribution in [0, 0.1) is 0 Å². The first-order valence-electron chi connectivity index (χ1n) is 5.59. The van der Waals surface area contributed by atoms with Gasteiger partial charge in [0.15, 0.2) is 0 Å². The fourth-order valence-electron chi connectivity index (χ4n) is 1.23. The number of carbonyl (C=O) groups excluding carboxylic acids is 1. The topological polar surface area (TPSA) is 46.2 Å². The Morgan fingerprint density at radius 1 is 1.35 bits per heavy atom. The molecule has 3 nitrogen and oxygen atoms in total. The summed E-state index contributed by atoms with van der Waals surface area (Å²) in [4.78, 5) is 11.2. The van der Waals surface area contributed by atoms with Gasteiger partial charge in [-0.25, -0.2) is 0 Å². The molecule has 0 heterocycles. The zero-order chi connectivity index (χ0) is 12.5. The van der Waals surface area contributed by atoms with E-state index in [1.807, 2.05) is 37.3 Å². The summed E-state index contributed by atoms with van der Waals surface area (Å²) in [6, 6.07) is 9.57. The standard InChI is InChI=1S/C13H17NO2S/c1-2-9-14-13(15)8-10-17(16)11-12-6-4-3-5-7-12/h3-8,10H,2,9,11H2,1H3,(H,14,15)/b10-8-. The third kappa shape index (κ3) is 6.02. The van der Waals surface area contributed by atoms with Crippen molar-refractivity contribution < 1.29 is 9.00 Å². The number of hydrogen-bond donors (Lipinski definition) is 1. The van der Waals surface area contributed by atoms with Gasteiger partial charge in [0.25, 0.3) is 0 Å². The van der Waals surface area contributed by atoms with Crippen LogP contribution in [-0.4, -0.2) is 16.7 Å². The molecule has 0 spiro atoms. The van der Waals surface area contributed by atoms with Gasteiger partial charge >= 0.3 is 0 Å². The highest BCUT2D eigenvalue weighted by molar-refractivity contribution is 7.87. The summed E-state index contributed by atoms with van der Waals surface area (Å²) in [5, 5.41) is 4.13. The third-order valence-corrected chi connectivity index (χ3v) is 3.13. The van der Waals surface area contributed by atoms with Crippen LogP contribution in [0.3, 0.4) is 0 Å². The van der Waals surface area contributed by atoms with Crippen molar-refractivity contribution in [1.82, 2.24) is 5.32 Å². The largest absolute Gasteiger partial charge is 0.353 e. The SMILES string of the molecule is CCCNC(=O)/C=C\S(=O)Cc1ccccc1. The van der Waals surface area contributed by atoms with E-state index in [0.29, 0.717) is 12.3 Å². The first kappa shape index (κ1) is 13.6. The second-order valence-corrected chi connectivity index (χ2v) is 4.93. The van der Waals surface area contributed by atoms with Gasteiger partial charge in [0.2, 0.25) is 5.91 Å². The second kappa shape index (κ2) is 7.79. The van der Waals surface area contributed by atoms with Crippen LogP contribution in [0.2, 0.25) is 0 Å². The second-order valence-electron chi connectivity index (χ2n) is 3.60. The van der Waals surface area contributed by atoms with Crippen LogP contribution in [0.1, 0.15) is 18.9 Å². The zero-order valence-corrected chi connectivity index (χ0v) is 10.7. The molecular formula is C13H17NO2S. The monoisotopic (exact) mass is 251 g/mol. The van der Waals surface area contributed by atoms with E-state index in [4.69, 9.17) is 0 Å². The van der Waals surface area contributed by atoms with Crippen LogP contribution in [0.4, 0.5) is 0 Å². The Kier molecular flexibility index (Phi) is 6.25. The quantitative estimate of drug-likeness (QED) is 0.786. The van der Waals surface area contributed by atoms with E-state index in [-0.39, 0.29) is 5.91 Å². The maximum absolute atomic E-state index is 11.6. The summed E-state index contributed by atoms with van der Waals surface area (Å²) in [6.07, 6.45) is 2.24. The van der Waals surface area contributed by atoms with Crippen LogP contribution < -0.4 is 5.32 Å². The number of rotatable bonds is 6. The minimum absolute atomic E-state index is 0.187. The van der Waals surface area contributed by atoms with Crippen molar-refractivity contribution in [3.8, 4) is 0 Å². The molecule has 1 atom stereocenters. The smallest absolute Gasteiger partial charge is 0.244 e. The highest BCUT2D eigenvalue weighted by atomic mass is 32.2. The van der Waals surface area contributed by atoms with E-state index < -0.39 is 10.8 Å². The molecule has 0 fully saturated rings. The average Bonchev–Trinajstić information content (AvgIpc) is 2.35. The van der Waals surface area contributed by atoms with Gasteiger partial charge in [0, 0.05) is 18.0 Å². The number of amides is 1. The molecule has 17 heavy (non-hydrogen) atoms. The van der Waals surface area contributed by atoms with Crippen molar-refractivity contribution >= 4 is 16.7 Å². The van der Waals surface area contributed by atoms with E-state index >= 15 is 0 Å². The fourth-order valence-corrected chi connectivity index (χ4v) is 2.12. The summed E-state index contributed by atoms with van der Waals surface area (Å²) < 4.78 is 11.6. The van der Waals surface area contributed by atoms with Crippen LogP contribution in [0.15, 0.2) is 41.8 Å². The lowest BCUT2D eigenvalue weighted by atomic mass is 10.2. The van der Waals surface area contributed by atoms with E-state index in [0.717, 1.165) is 12.0 Å². The highest BCUT2D eigenvalue weighted by Gasteiger charge is 1.98. The molecule has 1 aromatic carbocycles. The highest BCUT2D eigenvalue weighted by Crippen LogP contribution is 2.03. The predicted molar refractivity (Wildman–Crippen MR) is 70.7 cm³/mol. The van der Waals surface area contributed by atoms with Gasteiger partial charge in [-0.2, -0.15) is 0 Å². The Bertz CT molecular complexity index is 401. The van der Waals surface area contributed by atoms with E-state index in [1.54, 1.807) is 0 Å². The molecule has 1 unspecified atom stereocenters. The van der Waals surface area contributed by atoms with E-state index in [9.17, 15) is 9.00 Å². The number of nitrogens with one attached hydrogen (secondary N) is 1. The lowest BCUT2D eigenvalue weighted by Crippen LogP contribution is -2.21. The molecule has 1 rings (SSSR count). The molecule has 92 valence electrons. The number of hydrogen-bond acceptors (Lipinski definition) is 2. The van der Waals surface area contributed by atoms with Gasteiger partial charge in [-0.05, 0) is 12.0 Å². The van der Waals surface area contributed by atoms with Gasteiger partial charge in [-0.1, -0.05) is 37.3 Å². The van der Waals surface area contributed by atoms with Crippen molar-refractivity contribution in [1.29, 1.82) is 0 Å². The fraction of sp³-hybridized carbons (Fsp3) is 0.308. The molecule has 0 radical (unpaired) electrons. The van der Waals surface area contributed by atoms with Crippen molar-refractivity contribution in [2.45, 2.75) is 19.1 Å². The van der Waals surface area contributed by atoms with Gasteiger partial charge in [0.05, 0.1) is 16.6 Å². The Labute approximate surface area is 104 Å². The van der Waals surface area contributed by atoms with Crippen molar-refractivity contribution in [3.05, 3.63) is 47.4 Å². The first-order valence-corrected chi connectivity index (χ1v) is 6.97. The summed E-state index contributed by atoms with van der Waals surface area (Å²) in [7, 11) is -1.14. The Hall–Kier alpha value is -1.42.